The molecule has 6 heteroatoms. The topological polar surface area (TPSA) is 78.9 Å². The van der Waals surface area contributed by atoms with Crippen LogP contribution in [0.3, 0.4) is 0 Å². The second kappa shape index (κ2) is 7.33. The first-order chi connectivity index (χ1) is 8.95. The lowest BCUT2D eigenvalue weighted by Crippen LogP contribution is -2.52. The van der Waals surface area contributed by atoms with E-state index in [0.29, 0.717) is 32.6 Å². The molecule has 1 saturated heterocycles. The van der Waals surface area contributed by atoms with Crippen LogP contribution in [0.1, 0.15) is 33.6 Å². The number of piperidine rings is 1. The van der Waals surface area contributed by atoms with Crippen LogP contribution >= 0.6 is 0 Å². The molecule has 2 N–H and O–H groups in total. The molecule has 0 aromatic rings. The number of hydrogen-bond donors (Lipinski definition) is 2. The van der Waals surface area contributed by atoms with Gasteiger partial charge in [0, 0.05) is 19.2 Å². The van der Waals surface area contributed by atoms with Gasteiger partial charge in [0.1, 0.15) is 0 Å². The van der Waals surface area contributed by atoms with Gasteiger partial charge in [0.2, 0.25) is 0 Å². The van der Waals surface area contributed by atoms with Crippen molar-refractivity contribution in [3.63, 3.8) is 0 Å². The van der Waals surface area contributed by atoms with E-state index in [-0.39, 0.29) is 24.0 Å². The molecular weight excluding hydrogens is 248 g/mol. The molecule has 2 amide bonds. The zero-order valence-corrected chi connectivity index (χ0v) is 11.9. The van der Waals surface area contributed by atoms with E-state index >= 15 is 0 Å². The van der Waals surface area contributed by atoms with Crippen molar-refractivity contribution in [3.8, 4) is 0 Å². The third-order valence-corrected chi connectivity index (χ3v) is 3.43. The summed E-state index contributed by atoms with van der Waals surface area (Å²) in [5, 5.41) is 11.9. The molecule has 0 bridgehead atoms. The molecule has 0 saturated carbocycles. The van der Waals surface area contributed by atoms with Crippen molar-refractivity contribution in [2.75, 3.05) is 19.8 Å². The Bertz CT molecular complexity index is 322. The predicted molar refractivity (Wildman–Crippen MR) is 71.0 cm³/mol. The summed E-state index contributed by atoms with van der Waals surface area (Å²) >= 11 is 0. The first kappa shape index (κ1) is 15.8. The van der Waals surface area contributed by atoms with Crippen molar-refractivity contribution in [1.82, 2.24) is 10.2 Å². The van der Waals surface area contributed by atoms with Gasteiger partial charge in [-0.1, -0.05) is 0 Å². The third kappa shape index (κ3) is 4.70. The number of hydrogen-bond acceptors (Lipinski definition) is 3. The Morgan fingerprint density at radius 1 is 1.53 bits per heavy atom. The van der Waals surface area contributed by atoms with Crippen LogP contribution in [0, 0.1) is 5.92 Å². The summed E-state index contributed by atoms with van der Waals surface area (Å²) in [5.41, 5.74) is 0. The average Bonchev–Trinajstić information content (AvgIpc) is 2.35. The third-order valence-electron chi connectivity index (χ3n) is 3.43. The van der Waals surface area contributed by atoms with E-state index < -0.39 is 5.97 Å². The zero-order valence-electron chi connectivity index (χ0n) is 11.9. The summed E-state index contributed by atoms with van der Waals surface area (Å²) in [6, 6.07) is -0.227. The molecule has 1 aliphatic heterocycles. The van der Waals surface area contributed by atoms with Crippen molar-refractivity contribution >= 4 is 12.0 Å². The van der Waals surface area contributed by atoms with E-state index in [0.717, 1.165) is 0 Å². The van der Waals surface area contributed by atoms with Crippen molar-refractivity contribution in [3.05, 3.63) is 0 Å². The lowest BCUT2D eigenvalue weighted by molar-refractivity contribution is -0.143. The monoisotopic (exact) mass is 272 g/mol. The molecule has 0 radical (unpaired) electrons. The second-order valence-electron chi connectivity index (χ2n) is 5.11. The molecule has 0 aromatic carbocycles. The van der Waals surface area contributed by atoms with E-state index in [4.69, 9.17) is 9.84 Å². The average molecular weight is 272 g/mol. The fourth-order valence-corrected chi connectivity index (χ4v) is 2.33. The van der Waals surface area contributed by atoms with E-state index in [1.54, 1.807) is 4.90 Å². The lowest BCUT2D eigenvalue weighted by Gasteiger charge is -2.36. The van der Waals surface area contributed by atoms with Gasteiger partial charge < -0.3 is 20.1 Å². The van der Waals surface area contributed by atoms with Crippen molar-refractivity contribution in [1.29, 1.82) is 0 Å². The standard InChI is InChI=1S/C13H24N2O4/c1-4-19-8-9(2)14-13(18)15-6-5-11(12(16)17)7-10(15)3/h9-11H,4-8H2,1-3H3,(H,14,18)(H,16,17). The van der Waals surface area contributed by atoms with Gasteiger partial charge in [-0.15, -0.1) is 0 Å². The van der Waals surface area contributed by atoms with Crippen LogP contribution < -0.4 is 5.32 Å². The number of amides is 2. The number of rotatable bonds is 5. The number of carbonyl (C=O) groups is 2. The lowest BCUT2D eigenvalue weighted by atomic mass is 9.92. The van der Waals surface area contributed by atoms with Crippen LogP contribution in [-0.4, -0.2) is 53.8 Å². The minimum absolute atomic E-state index is 0.0446. The summed E-state index contributed by atoms with van der Waals surface area (Å²) in [6.45, 7) is 7.30. The smallest absolute Gasteiger partial charge is 0.317 e. The maximum absolute atomic E-state index is 12.1. The van der Waals surface area contributed by atoms with Crippen molar-refractivity contribution < 1.29 is 19.4 Å². The van der Waals surface area contributed by atoms with Crippen LogP contribution in [0.5, 0.6) is 0 Å². The minimum atomic E-state index is -0.767. The Labute approximate surface area is 114 Å². The highest BCUT2D eigenvalue weighted by Crippen LogP contribution is 2.22. The van der Waals surface area contributed by atoms with Gasteiger partial charge in [0.25, 0.3) is 0 Å². The number of ether oxygens (including phenoxy) is 1. The second-order valence-corrected chi connectivity index (χ2v) is 5.11. The molecule has 6 nitrogen and oxygen atoms in total. The molecule has 1 fully saturated rings. The normalized spacial score (nSPS) is 24.9. The quantitative estimate of drug-likeness (QED) is 0.791. The van der Waals surface area contributed by atoms with Crippen LogP contribution in [0.15, 0.2) is 0 Å². The number of aliphatic carboxylic acids is 1. The van der Waals surface area contributed by atoms with Gasteiger partial charge in [-0.3, -0.25) is 4.79 Å². The van der Waals surface area contributed by atoms with E-state index in [9.17, 15) is 9.59 Å². The number of nitrogens with zero attached hydrogens (tertiary/aromatic N) is 1. The number of nitrogens with one attached hydrogen (secondary N) is 1. The van der Waals surface area contributed by atoms with Crippen LogP contribution in [-0.2, 0) is 9.53 Å². The predicted octanol–water partition coefficient (Wildman–Crippen LogP) is 1.31. The summed E-state index contributed by atoms with van der Waals surface area (Å²) in [4.78, 5) is 24.7. The van der Waals surface area contributed by atoms with Crippen molar-refractivity contribution in [2.24, 2.45) is 5.92 Å². The number of likely N-dealkylation sites (tertiary alicyclic amines) is 1. The Morgan fingerprint density at radius 2 is 2.21 bits per heavy atom. The van der Waals surface area contributed by atoms with Gasteiger partial charge in [-0.2, -0.15) is 0 Å². The van der Waals surface area contributed by atoms with E-state index in [1.165, 1.54) is 0 Å². The summed E-state index contributed by atoms with van der Waals surface area (Å²) in [7, 11) is 0. The zero-order chi connectivity index (χ0) is 14.4. The molecule has 110 valence electrons. The van der Waals surface area contributed by atoms with Crippen molar-refractivity contribution in [2.45, 2.75) is 45.7 Å². The number of carboxylic acids is 1. The van der Waals surface area contributed by atoms with Crippen LogP contribution in [0.2, 0.25) is 0 Å². The first-order valence-electron chi connectivity index (χ1n) is 6.83. The highest BCUT2D eigenvalue weighted by atomic mass is 16.5. The van der Waals surface area contributed by atoms with Gasteiger partial charge in [-0.05, 0) is 33.6 Å². The highest BCUT2D eigenvalue weighted by Gasteiger charge is 2.32. The highest BCUT2D eigenvalue weighted by molar-refractivity contribution is 5.76. The molecular formula is C13H24N2O4. The molecule has 1 rings (SSSR count). The fraction of sp³-hybridized carbons (Fsp3) is 0.846. The summed E-state index contributed by atoms with van der Waals surface area (Å²) < 4.78 is 5.25. The molecule has 1 aliphatic rings. The fourth-order valence-electron chi connectivity index (χ4n) is 2.33. The van der Waals surface area contributed by atoms with Gasteiger partial charge in [0.15, 0.2) is 0 Å². The molecule has 0 aliphatic carbocycles. The maximum atomic E-state index is 12.1. The number of carbonyl (C=O) groups excluding carboxylic acids is 1. The Morgan fingerprint density at radius 3 is 2.74 bits per heavy atom. The Balaban J connectivity index is 2.43. The van der Waals surface area contributed by atoms with E-state index in [2.05, 4.69) is 5.32 Å². The van der Waals surface area contributed by atoms with E-state index in [1.807, 2.05) is 20.8 Å². The van der Waals surface area contributed by atoms with Crippen LogP contribution in [0.25, 0.3) is 0 Å². The number of urea groups is 1. The van der Waals surface area contributed by atoms with Gasteiger partial charge in [-0.25, -0.2) is 4.79 Å². The SMILES string of the molecule is CCOCC(C)NC(=O)N1CCC(C(=O)O)CC1C. The summed E-state index contributed by atoms with van der Waals surface area (Å²) in [6.07, 6.45) is 1.04. The molecule has 0 aromatic heterocycles. The van der Waals surface area contributed by atoms with Gasteiger partial charge in [0.05, 0.1) is 18.6 Å². The molecule has 0 spiro atoms. The molecule has 3 unspecified atom stereocenters. The largest absolute Gasteiger partial charge is 0.481 e. The summed E-state index contributed by atoms with van der Waals surface area (Å²) in [5.74, 6) is -1.10. The molecule has 3 atom stereocenters. The van der Waals surface area contributed by atoms with Crippen LogP contribution in [0.4, 0.5) is 4.79 Å². The minimum Gasteiger partial charge on any atom is -0.481 e. The molecule has 1 heterocycles. The molecule has 19 heavy (non-hydrogen) atoms. The van der Waals surface area contributed by atoms with Gasteiger partial charge >= 0.3 is 12.0 Å². The Kier molecular flexibility index (Phi) is 6.08. The Hall–Kier alpha value is -1.30. The number of carboxylic acid groups (broad SMARTS) is 1. The first-order valence-corrected chi connectivity index (χ1v) is 6.83. The maximum Gasteiger partial charge on any atom is 0.317 e.